The van der Waals surface area contributed by atoms with Gasteiger partial charge in [0.25, 0.3) is 0 Å². The Bertz CT molecular complexity index is 825. The van der Waals surface area contributed by atoms with Crippen molar-refractivity contribution in [3.05, 3.63) is 42.0 Å². The molecule has 0 radical (unpaired) electrons. The van der Waals surface area contributed by atoms with Crippen LogP contribution in [0.3, 0.4) is 0 Å². The SMILES string of the molecule is N#CCSc1ncnc2c1nnn2Cc1ccccc1F. The largest absolute Gasteiger partial charge is 0.227 e. The molecule has 2 aromatic heterocycles. The van der Waals surface area contributed by atoms with Crippen molar-refractivity contribution in [1.29, 1.82) is 5.26 Å². The number of thioether (sulfide) groups is 1. The minimum absolute atomic E-state index is 0.239. The van der Waals surface area contributed by atoms with Crippen molar-refractivity contribution < 1.29 is 4.39 Å². The molecule has 0 N–H and O–H groups in total. The first-order valence-corrected chi connectivity index (χ1v) is 7.05. The Morgan fingerprint density at radius 1 is 1.29 bits per heavy atom. The van der Waals surface area contributed by atoms with Crippen molar-refractivity contribution in [3.63, 3.8) is 0 Å². The third kappa shape index (κ3) is 2.68. The molecule has 1 aromatic carbocycles. The molecule has 104 valence electrons. The molecule has 0 atom stereocenters. The fourth-order valence-electron chi connectivity index (χ4n) is 1.87. The molecule has 8 heteroatoms. The molecule has 6 nitrogen and oxygen atoms in total. The van der Waals surface area contributed by atoms with Crippen LogP contribution in [0, 0.1) is 17.1 Å². The van der Waals surface area contributed by atoms with Gasteiger partial charge >= 0.3 is 0 Å². The van der Waals surface area contributed by atoms with Crippen LogP contribution in [0.1, 0.15) is 5.56 Å². The fraction of sp³-hybridized carbons (Fsp3) is 0.154. The number of fused-ring (bicyclic) bond motifs is 1. The van der Waals surface area contributed by atoms with E-state index in [1.165, 1.54) is 28.8 Å². The molecule has 0 spiro atoms. The van der Waals surface area contributed by atoms with Crippen molar-refractivity contribution in [2.24, 2.45) is 0 Å². The Morgan fingerprint density at radius 2 is 2.14 bits per heavy atom. The topological polar surface area (TPSA) is 80.3 Å². The standard InChI is InChI=1S/C13H9FN6S/c14-10-4-2-1-3-9(10)7-20-12-11(18-19-20)13(17-8-16-12)21-6-5-15/h1-4,8H,6-7H2. The van der Waals surface area contributed by atoms with Crippen LogP contribution >= 0.6 is 11.8 Å². The van der Waals surface area contributed by atoms with Gasteiger partial charge in [-0.2, -0.15) is 5.26 Å². The van der Waals surface area contributed by atoms with Crippen LogP contribution in [0.2, 0.25) is 0 Å². The Kier molecular flexibility index (Phi) is 3.75. The highest BCUT2D eigenvalue weighted by Gasteiger charge is 2.13. The molecule has 0 bridgehead atoms. The van der Waals surface area contributed by atoms with E-state index in [-0.39, 0.29) is 18.1 Å². The zero-order valence-corrected chi connectivity index (χ0v) is 11.6. The molecule has 0 fully saturated rings. The predicted octanol–water partition coefficient (Wildman–Crippen LogP) is 2.02. The lowest BCUT2D eigenvalue weighted by Crippen LogP contribution is -2.04. The highest BCUT2D eigenvalue weighted by molar-refractivity contribution is 7.99. The minimum atomic E-state index is -0.297. The average molecular weight is 300 g/mol. The van der Waals surface area contributed by atoms with Gasteiger partial charge in [-0.3, -0.25) is 0 Å². The summed E-state index contributed by atoms with van der Waals surface area (Å²) in [5, 5.41) is 17.3. The van der Waals surface area contributed by atoms with Crippen molar-refractivity contribution in [1.82, 2.24) is 25.0 Å². The molecule has 3 aromatic rings. The highest BCUT2D eigenvalue weighted by atomic mass is 32.2. The van der Waals surface area contributed by atoms with Crippen molar-refractivity contribution in [2.75, 3.05) is 5.75 Å². The maximum atomic E-state index is 13.7. The van der Waals surface area contributed by atoms with Gasteiger partial charge in [-0.25, -0.2) is 19.0 Å². The monoisotopic (exact) mass is 300 g/mol. The number of rotatable bonds is 4. The normalized spacial score (nSPS) is 10.7. The highest BCUT2D eigenvalue weighted by Crippen LogP contribution is 2.22. The second-order valence-corrected chi connectivity index (χ2v) is 5.10. The second kappa shape index (κ2) is 5.85. The van der Waals surface area contributed by atoms with Gasteiger partial charge in [0.15, 0.2) is 11.2 Å². The Hall–Kier alpha value is -2.53. The molecule has 0 aliphatic rings. The van der Waals surface area contributed by atoms with Crippen molar-refractivity contribution in [3.8, 4) is 6.07 Å². The van der Waals surface area contributed by atoms with Gasteiger partial charge in [-0.05, 0) is 6.07 Å². The van der Waals surface area contributed by atoms with Crippen LogP contribution in [0.5, 0.6) is 0 Å². The van der Waals surface area contributed by atoms with E-state index in [1.807, 2.05) is 6.07 Å². The van der Waals surface area contributed by atoms with E-state index < -0.39 is 0 Å². The molecule has 0 unspecified atom stereocenters. The molecule has 2 heterocycles. The average Bonchev–Trinajstić information content (AvgIpc) is 2.91. The van der Waals surface area contributed by atoms with Crippen LogP contribution < -0.4 is 0 Å². The lowest BCUT2D eigenvalue weighted by molar-refractivity contribution is 0.582. The molecule has 21 heavy (non-hydrogen) atoms. The first-order valence-electron chi connectivity index (χ1n) is 6.07. The molecule has 0 aliphatic carbocycles. The first-order chi connectivity index (χ1) is 10.3. The van der Waals surface area contributed by atoms with Crippen LogP contribution in [-0.2, 0) is 6.54 Å². The van der Waals surface area contributed by atoms with Gasteiger partial charge in [-0.1, -0.05) is 35.2 Å². The summed E-state index contributed by atoms with van der Waals surface area (Å²) in [5.41, 5.74) is 1.55. The van der Waals surface area contributed by atoms with E-state index in [9.17, 15) is 4.39 Å². The Balaban J connectivity index is 1.98. The number of nitriles is 1. The van der Waals surface area contributed by atoms with Crippen molar-refractivity contribution in [2.45, 2.75) is 11.6 Å². The van der Waals surface area contributed by atoms with Crippen LogP contribution in [0.15, 0.2) is 35.6 Å². The maximum absolute atomic E-state index is 13.7. The predicted molar refractivity (Wildman–Crippen MR) is 75.0 cm³/mol. The van der Waals surface area contributed by atoms with Gasteiger partial charge in [0.2, 0.25) is 0 Å². The van der Waals surface area contributed by atoms with E-state index in [0.29, 0.717) is 21.8 Å². The number of aromatic nitrogens is 5. The summed E-state index contributed by atoms with van der Waals surface area (Å²) in [6.07, 6.45) is 1.39. The van der Waals surface area contributed by atoms with E-state index in [0.717, 1.165) is 0 Å². The quantitative estimate of drug-likeness (QED) is 0.541. The molecule has 3 rings (SSSR count). The van der Waals surface area contributed by atoms with Crippen molar-refractivity contribution >= 4 is 22.9 Å². The number of benzene rings is 1. The van der Waals surface area contributed by atoms with Crippen LogP contribution in [-0.4, -0.2) is 30.7 Å². The summed E-state index contributed by atoms with van der Waals surface area (Å²) in [5.74, 6) is -0.0268. The van der Waals surface area contributed by atoms with Crippen LogP contribution in [0.25, 0.3) is 11.2 Å². The summed E-state index contributed by atoms with van der Waals surface area (Å²) in [6, 6.07) is 8.52. The first kappa shape index (κ1) is 13.5. The third-order valence-electron chi connectivity index (χ3n) is 2.82. The summed E-state index contributed by atoms with van der Waals surface area (Å²) in [7, 11) is 0. The fourth-order valence-corrected chi connectivity index (χ4v) is 2.46. The third-order valence-corrected chi connectivity index (χ3v) is 3.66. The molecule has 0 saturated heterocycles. The van der Waals surface area contributed by atoms with Gasteiger partial charge < -0.3 is 0 Å². The van der Waals surface area contributed by atoms with Gasteiger partial charge in [0, 0.05) is 5.56 Å². The molecular weight excluding hydrogens is 291 g/mol. The minimum Gasteiger partial charge on any atom is -0.227 e. The van der Waals surface area contributed by atoms with Crippen LogP contribution in [0.4, 0.5) is 4.39 Å². The Labute approximate surface area is 123 Å². The lowest BCUT2D eigenvalue weighted by Gasteiger charge is -2.03. The maximum Gasteiger partial charge on any atom is 0.183 e. The summed E-state index contributed by atoms with van der Waals surface area (Å²) >= 11 is 1.27. The summed E-state index contributed by atoms with van der Waals surface area (Å²) < 4.78 is 15.2. The number of hydrogen-bond donors (Lipinski definition) is 0. The zero-order valence-electron chi connectivity index (χ0n) is 10.8. The van der Waals surface area contributed by atoms with Gasteiger partial charge in [0.05, 0.1) is 18.4 Å². The van der Waals surface area contributed by atoms with E-state index >= 15 is 0 Å². The molecule has 0 amide bonds. The van der Waals surface area contributed by atoms with E-state index in [4.69, 9.17) is 5.26 Å². The summed E-state index contributed by atoms with van der Waals surface area (Å²) in [6.45, 7) is 0.239. The van der Waals surface area contributed by atoms with E-state index in [2.05, 4.69) is 20.3 Å². The smallest absolute Gasteiger partial charge is 0.183 e. The second-order valence-electron chi connectivity index (χ2n) is 4.14. The summed E-state index contributed by atoms with van der Waals surface area (Å²) in [4.78, 5) is 8.24. The number of halogens is 1. The van der Waals surface area contributed by atoms with Gasteiger partial charge in [-0.15, -0.1) is 5.10 Å². The zero-order chi connectivity index (χ0) is 14.7. The Morgan fingerprint density at radius 3 is 2.95 bits per heavy atom. The molecule has 0 saturated carbocycles. The molecule has 0 aliphatic heterocycles. The molecular formula is C13H9FN6S. The number of nitrogens with zero attached hydrogens (tertiary/aromatic N) is 6. The van der Waals surface area contributed by atoms with E-state index in [1.54, 1.807) is 18.2 Å². The number of hydrogen-bond acceptors (Lipinski definition) is 6. The van der Waals surface area contributed by atoms with Gasteiger partial charge in [0.1, 0.15) is 17.2 Å². The lowest BCUT2D eigenvalue weighted by atomic mass is 10.2.